The Balaban J connectivity index is 2.79. The SMILES string of the molecule is Cc1cn2cc(Br)cc(C(C)O)c2n1. The summed E-state index contributed by atoms with van der Waals surface area (Å²) in [6, 6.07) is 1.90. The Bertz CT molecular complexity index is 476. The lowest BCUT2D eigenvalue weighted by molar-refractivity contribution is 0.200. The molecule has 0 radical (unpaired) electrons. The molecule has 4 heteroatoms. The van der Waals surface area contributed by atoms with E-state index in [1.54, 1.807) is 6.92 Å². The van der Waals surface area contributed by atoms with Crippen molar-refractivity contribution >= 4 is 21.6 Å². The van der Waals surface area contributed by atoms with E-state index in [2.05, 4.69) is 20.9 Å². The molecule has 1 atom stereocenters. The molecule has 2 rings (SSSR count). The van der Waals surface area contributed by atoms with Gasteiger partial charge < -0.3 is 9.51 Å². The summed E-state index contributed by atoms with van der Waals surface area (Å²) < 4.78 is 2.86. The number of fused-ring (bicyclic) bond motifs is 1. The molecule has 2 aromatic heterocycles. The number of aliphatic hydroxyl groups excluding tert-OH is 1. The zero-order chi connectivity index (χ0) is 10.3. The van der Waals surface area contributed by atoms with Gasteiger partial charge in [-0.1, -0.05) is 0 Å². The number of imidazole rings is 1. The van der Waals surface area contributed by atoms with E-state index in [0.717, 1.165) is 21.4 Å². The summed E-state index contributed by atoms with van der Waals surface area (Å²) in [5.41, 5.74) is 2.61. The fourth-order valence-electron chi connectivity index (χ4n) is 1.52. The molecule has 0 aliphatic rings. The third-order valence-corrected chi connectivity index (χ3v) is 2.55. The number of rotatable bonds is 1. The molecule has 1 N–H and O–H groups in total. The van der Waals surface area contributed by atoms with Gasteiger partial charge in [-0.15, -0.1) is 0 Å². The van der Waals surface area contributed by atoms with Gasteiger partial charge >= 0.3 is 0 Å². The number of aliphatic hydroxyl groups is 1. The van der Waals surface area contributed by atoms with Gasteiger partial charge in [0.1, 0.15) is 5.65 Å². The molecule has 0 saturated heterocycles. The summed E-state index contributed by atoms with van der Waals surface area (Å²) in [6.07, 6.45) is 3.37. The molecule has 74 valence electrons. The molecule has 0 aliphatic heterocycles. The molecule has 0 aliphatic carbocycles. The van der Waals surface area contributed by atoms with Crippen LogP contribution in [0.1, 0.15) is 24.3 Å². The lowest BCUT2D eigenvalue weighted by atomic mass is 10.2. The van der Waals surface area contributed by atoms with Gasteiger partial charge in [0.05, 0.1) is 11.8 Å². The lowest BCUT2D eigenvalue weighted by Gasteiger charge is -2.06. The molecule has 3 nitrogen and oxygen atoms in total. The topological polar surface area (TPSA) is 37.5 Å². The van der Waals surface area contributed by atoms with Crippen molar-refractivity contribution < 1.29 is 5.11 Å². The van der Waals surface area contributed by atoms with Crippen molar-refractivity contribution in [3.63, 3.8) is 0 Å². The van der Waals surface area contributed by atoms with Crippen LogP contribution >= 0.6 is 15.9 Å². The van der Waals surface area contributed by atoms with E-state index in [0.29, 0.717) is 0 Å². The van der Waals surface area contributed by atoms with E-state index in [1.165, 1.54) is 0 Å². The van der Waals surface area contributed by atoms with E-state index >= 15 is 0 Å². The minimum absolute atomic E-state index is 0.503. The summed E-state index contributed by atoms with van der Waals surface area (Å²) in [6.45, 7) is 3.68. The normalized spacial score (nSPS) is 13.4. The number of nitrogens with zero attached hydrogens (tertiary/aromatic N) is 2. The van der Waals surface area contributed by atoms with E-state index in [-0.39, 0.29) is 0 Å². The van der Waals surface area contributed by atoms with E-state index < -0.39 is 6.10 Å². The highest BCUT2D eigenvalue weighted by Gasteiger charge is 2.10. The number of halogens is 1. The molecule has 0 spiro atoms. The van der Waals surface area contributed by atoms with Crippen molar-refractivity contribution in [2.75, 3.05) is 0 Å². The van der Waals surface area contributed by atoms with Gasteiger partial charge in [-0.3, -0.25) is 0 Å². The summed E-state index contributed by atoms with van der Waals surface area (Å²) in [4.78, 5) is 4.36. The van der Waals surface area contributed by atoms with Crippen LogP contribution in [0.3, 0.4) is 0 Å². The molecule has 0 aromatic carbocycles. The Morgan fingerprint density at radius 2 is 2.21 bits per heavy atom. The van der Waals surface area contributed by atoms with Crippen LogP contribution in [-0.4, -0.2) is 14.5 Å². The Morgan fingerprint density at radius 1 is 1.50 bits per heavy atom. The van der Waals surface area contributed by atoms with Crippen LogP contribution in [0.25, 0.3) is 5.65 Å². The van der Waals surface area contributed by atoms with Crippen LogP contribution in [0.2, 0.25) is 0 Å². The zero-order valence-electron chi connectivity index (χ0n) is 8.03. The first kappa shape index (κ1) is 9.68. The molecule has 0 amide bonds. The second kappa shape index (κ2) is 3.37. The highest BCUT2D eigenvalue weighted by atomic mass is 79.9. The van der Waals surface area contributed by atoms with Gasteiger partial charge in [-0.25, -0.2) is 4.98 Å². The van der Waals surface area contributed by atoms with Crippen LogP contribution in [-0.2, 0) is 0 Å². The van der Waals surface area contributed by atoms with E-state index in [4.69, 9.17) is 0 Å². The Kier molecular flexibility index (Phi) is 2.33. The minimum atomic E-state index is -0.503. The van der Waals surface area contributed by atoms with Crippen LogP contribution in [0, 0.1) is 6.92 Å². The molecule has 2 aromatic rings. The van der Waals surface area contributed by atoms with Crippen molar-refractivity contribution in [3.05, 3.63) is 34.2 Å². The Hall–Kier alpha value is -0.870. The molecule has 0 bridgehead atoms. The summed E-state index contributed by atoms with van der Waals surface area (Å²) in [5, 5.41) is 9.58. The smallest absolute Gasteiger partial charge is 0.142 e. The summed E-state index contributed by atoms with van der Waals surface area (Å²) in [7, 11) is 0. The molecular weight excluding hydrogens is 244 g/mol. The summed E-state index contributed by atoms with van der Waals surface area (Å²) >= 11 is 3.40. The minimum Gasteiger partial charge on any atom is -0.389 e. The van der Waals surface area contributed by atoms with Gasteiger partial charge in [-0.2, -0.15) is 0 Å². The maximum Gasteiger partial charge on any atom is 0.142 e. The van der Waals surface area contributed by atoms with Gasteiger partial charge in [0.25, 0.3) is 0 Å². The van der Waals surface area contributed by atoms with Crippen LogP contribution in [0.15, 0.2) is 22.9 Å². The molecular formula is C10H11BrN2O. The standard InChI is InChI=1S/C10H11BrN2O/c1-6-4-13-5-8(11)3-9(7(2)14)10(13)12-6/h3-5,7,14H,1-2H3. The van der Waals surface area contributed by atoms with Crippen LogP contribution in [0.4, 0.5) is 0 Å². The van der Waals surface area contributed by atoms with Gasteiger partial charge in [0.15, 0.2) is 0 Å². The molecule has 0 fully saturated rings. The fraction of sp³-hybridized carbons (Fsp3) is 0.300. The highest BCUT2D eigenvalue weighted by Crippen LogP contribution is 2.22. The Morgan fingerprint density at radius 3 is 2.86 bits per heavy atom. The van der Waals surface area contributed by atoms with Crippen LogP contribution < -0.4 is 0 Å². The third-order valence-electron chi connectivity index (χ3n) is 2.12. The largest absolute Gasteiger partial charge is 0.389 e. The average Bonchev–Trinajstić information content (AvgIpc) is 2.42. The zero-order valence-corrected chi connectivity index (χ0v) is 9.62. The number of hydrogen-bond donors (Lipinski definition) is 1. The number of aryl methyl sites for hydroxylation is 1. The van der Waals surface area contributed by atoms with Crippen molar-refractivity contribution in [1.82, 2.24) is 9.38 Å². The number of aromatic nitrogens is 2. The van der Waals surface area contributed by atoms with Crippen LogP contribution in [0.5, 0.6) is 0 Å². The van der Waals surface area contributed by atoms with Crippen molar-refractivity contribution in [1.29, 1.82) is 0 Å². The van der Waals surface area contributed by atoms with Gasteiger partial charge in [0, 0.05) is 22.4 Å². The first-order valence-corrected chi connectivity index (χ1v) is 5.20. The predicted octanol–water partition coefficient (Wildman–Crippen LogP) is 2.46. The molecule has 1 unspecified atom stereocenters. The fourth-order valence-corrected chi connectivity index (χ4v) is 1.99. The van der Waals surface area contributed by atoms with E-state index in [1.807, 2.05) is 29.8 Å². The maximum atomic E-state index is 9.58. The van der Waals surface area contributed by atoms with Crippen molar-refractivity contribution in [2.45, 2.75) is 20.0 Å². The second-order valence-corrected chi connectivity index (χ2v) is 4.32. The first-order chi connectivity index (χ1) is 6.58. The number of pyridine rings is 1. The molecule has 0 saturated carbocycles. The quantitative estimate of drug-likeness (QED) is 0.849. The molecule has 14 heavy (non-hydrogen) atoms. The highest BCUT2D eigenvalue weighted by molar-refractivity contribution is 9.10. The van der Waals surface area contributed by atoms with Crippen molar-refractivity contribution in [3.8, 4) is 0 Å². The lowest BCUT2D eigenvalue weighted by Crippen LogP contribution is -1.96. The first-order valence-electron chi connectivity index (χ1n) is 4.41. The molecule has 2 heterocycles. The van der Waals surface area contributed by atoms with Gasteiger partial charge in [-0.05, 0) is 35.8 Å². The Labute approximate surface area is 90.5 Å². The maximum absolute atomic E-state index is 9.58. The van der Waals surface area contributed by atoms with Crippen molar-refractivity contribution in [2.24, 2.45) is 0 Å². The monoisotopic (exact) mass is 254 g/mol. The van der Waals surface area contributed by atoms with Gasteiger partial charge in [0.2, 0.25) is 0 Å². The summed E-state index contributed by atoms with van der Waals surface area (Å²) in [5.74, 6) is 0. The second-order valence-electron chi connectivity index (χ2n) is 3.40. The predicted molar refractivity (Wildman–Crippen MR) is 58.3 cm³/mol. The van der Waals surface area contributed by atoms with E-state index in [9.17, 15) is 5.11 Å². The average molecular weight is 255 g/mol. The number of hydrogen-bond acceptors (Lipinski definition) is 2. The third kappa shape index (κ3) is 1.55.